The quantitative estimate of drug-likeness (QED) is 0.720. The van der Waals surface area contributed by atoms with E-state index in [4.69, 9.17) is 0 Å². The first-order chi connectivity index (χ1) is 10.3. The van der Waals surface area contributed by atoms with Crippen LogP contribution in [0.1, 0.15) is 37.1 Å². The summed E-state index contributed by atoms with van der Waals surface area (Å²) in [6.45, 7) is 4.85. The van der Waals surface area contributed by atoms with Gasteiger partial charge in [-0.1, -0.05) is 29.8 Å². The van der Waals surface area contributed by atoms with Crippen molar-refractivity contribution in [2.24, 2.45) is 11.8 Å². The van der Waals surface area contributed by atoms with E-state index < -0.39 is 0 Å². The average molecular weight is 278 g/mol. The predicted octanol–water partition coefficient (Wildman–Crippen LogP) is 4.05. The summed E-state index contributed by atoms with van der Waals surface area (Å²) in [5.41, 5.74) is 6.06. The van der Waals surface area contributed by atoms with Crippen LogP contribution in [-0.4, -0.2) is 23.0 Å². The molecule has 2 heteroatoms. The summed E-state index contributed by atoms with van der Waals surface area (Å²) in [7, 11) is 0. The molecule has 1 aliphatic carbocycles. The Balaban J connectivity index is 1.64. The van der Waals surface area contributed by atoms with Crippen molar-refractivity contribution in [3.8, 4) is 0 Å². The van der Waals surface area contributed by atoms with Crippen LogP contribution in [0.25, 0.3) is 10.9 Å². The maximum atomic E-state index is 3.77. The summed E-state index contributed by atoms with van der Waals surface area (Å²) in [6, 6.07) is 9.47. The first-order valence-corrected chi connectivity index (χ1v) is 8.30. The molecule has 0 unspecified atom stereocenters. The van der Waals surface area contributed by atoms with E-state index in [1.165, 1.54) is 48.9 Å². The number of benzene rings is 1. The van der Waals surface area contributed by atoms with Crippen LogP contribution >= 0.6 is 0 Å². The van der Waals surface area contributed by atoms with Crippen molar-refractivity contribution in [1.29, 1.82) is 0 Å². The second-order valence-electron chi connectivity index (χ2n) is 7.17. The molecule has 108 valence electrons. The van der Waals surface area contributed by atoms with Crippen LogP contribution in [0, 0.1) is 11.8 Å². The molecule has 1 aromatic heterocycles. The Morgan fingerprint density at radius 1 is 1.24 bits per heavy atom. The summed E-state index contributed by atoms with van der Waals surface area (Å²) < 4.78 is 0. The maximum absolute atomic E-state index is 3.77. The number of H-pyrrole nitrogens is 1. The van der Waals surface area contributed by atoms with Gasteiger partial charge < -0.3 is 4.98 Å². The highest BCUT2D eigenvalue weighted by molar-refractivity contribution is 5.85. The molecule has 3 heterocycles. The Morgan fingerprint density at radius 3 is 3.10 bits per heavy atom. The van der Waals surface area contributed by atoms with Gasteiger partial charge >= 0.3 is 0 Å². The van der Waals surface area contributed by atoms with Crippen molar-refractivity contribution >= 4 is 10.9 Å². The zero-order chi connectivity index (χ0) is 14.0. The number of hydrogen-bond donors (Lipinski definition) is 1. The van der Waals surface area contributed by atoms with Gasteiger partial charge in [0.2, 0.25) is 0 Å². The normalized spacial score (nSPS) is 31.7. The monoisotopic (exact) mass is 278 g/mol. The number of allylic oxidation sites excluding steroid dienone is 2. The van der Waals surface area contributed by atoms with Crippen LogP contribution in [0.5, 0.6) is 0 Å². The molecule has 0 saturated carbocycles. The van der Waals surface area contributed by atoms with Gasteiger partial charge in [-0.05, 0) is 49.7 Å². The molecule has 0 amide bonds. The topological polar surface area (TPSA) is 19.0 Å². The molecule has 5 rings (SSSR count). The van der Waals surface area contributed by atoms with Crippen molar-refractivity contribution in [3.05, 3.63) is 47.2 Å². The number of aromatic nitrogens is 1. The molecule has 3 atom stereocenters. The van der Waals surface area contributed by atoms with Gasteiger partial charge in [0.1, 0.15) is 0 Å². The fourth-order valence-corrected chi connectivity index (χ4v) is 5.08. The average Bonchev–Trinajstić information content (AvgIpc) is 3.03. The molecule has 0 radical (unpaired) electrons. The van der Waals surface area contributed by atoms with Crippen LogP contribution in [0.2, 0.25) is 0 Å². The van der Waals surface area contributed by atoms with Gasteiger partial charge in [0.05, 0.1) is 6.04 Å². The first-order valence-electron chi connectivity index (χ1n) is 8.30. The van der Waals surface area contributed by atoms with Crippen LogP contribution in [0.4, 0.5) is 0 Å². The van der Waals surface area contributed by atoms with Crippen molar-refractivity contribution in [3.63, 3.8) is 0 Å². The largest absolute Gasteiger partial charge is 0.357 e. The zero-order valence-electron chi connectivity index (χ0n) is 12.6. The van der Waals surface area contributed by atoms with E-state index >= 15 is 0 Å². The lowest BCUT2D eigenvalue weighted by atomic mass is 9.77. The minimum absolute atomic E-state index is 0.635. The highest BCUT2D eigenvalue weighted by atomic mass is 15.2. The molecule has 0 bridgehead atoms. The standard InChI is InChI=1S/C19H22N2/c1-12-6-7-14-13(10-12)11-21-9-8-16-15-4-2-3-5-17(15)20-18(16)19(14)21/h2-6,13-14,19-20H,7-11H2,1H3/t13-,14-,19+/m1/s1. The fraction of sp³-hybridized carbons (Fsp3) is 0.474. The summed E-state index contributed by atoms with van der Waals surface area (Å²) in [5, 5.41) is 1.46. The highest BCUT2D eigenvalue weighted by Crippen LogP contribution is 2.50. The molecule has 1 fully saturated rings. The molecule has 2 aliphatic heterocycles. The third-order valence-electron chi connectivity index (χ3n) is 5.99. The number of fused-ring (bicyclic) bond motifs is 7. The maximum Gasteiger partial charge on any atom is 0.0536 e. The van der Waals surface area contributed by atoms with Gasteiger partial charge in [-0.3, -0.25) is 4.90 Å². The van der Waals surface area contributed by atoms with Crippen molar-refractivity contribution in [2.75, 3.05) is 13.1 Å². The summed E-state index contributed by atoms with van der Waals surface area (Å²) in [5.74, 6) is 1.69. The molecule has 1 saturated heterocycles. The Bertz CT molecular complexity index is 739. The van der Waals surface area contributed by atoms with Crippen LogP contribution < -0.4 is 0 Å². The Kier molecular flexibility index (Phi) is 2.43. The first kappa shape index (κ1) is 12.0. The van der Waals surface area contributed by atoms with E-state index in [-0.39, 0.29) is 0 Å². The predicted molar refractivity (Wildman–Crippen MR) is 86.3 cm³/mol. The Hall–Kier alpha value is -1.54. The van der Waals surface area contributed by atoms with Gasteiger partial charge in [-0.25, -0.2) is 0 Å². The minimum Gasteiger partial charge on any atom is -0.357 e. The third kappa shape index (κ3) is 1.63. The van der Waals surface area contributed by atoms with E-state index in [1.54, 1.807) is 11.1 Å². The molecule has 2 aromatic rings. The highest BCUT2D eigenvalue weighted by Gasteiger charge is 2.46. The Morgan fingerprint density at radius 2 is 2.14 bits per heavy atom. The Labute approximate surface area is 125 Å². The van der Waals surface area contributed by atoms with Gasteiger partial charge in [0.25, 0.3) is 0 Å². The lowest BCUT2D eigenvalue weighted by Crippen LogP contribution is -2.32. The number of rotatable bonds is 0. The third-order valence-corrected chi connectivity index (χ3v) is 5.99. The molecule has 2 nitrogen and oxygen atoms in total. The lowest BCUT2D eigenvalue weighted by Gasteiger charge is -2.33. The van der Waals surface area contributed by atoms with Crippen LogP contribution in [0.15, 0.2) is 35.9 Å². The fourth-order valence-electron chi connectivity index (χ4n) is 5.08. The molecular formula is C19H22N2. The number of aromatic amines is 1. The van der Waals surface area contributed by atoms with Crippen LogP contribution in [0.3, 0.4) is 0 Å². The molecule has 1 N–H and O–H groups in total. The van der Waals surface area contributed by atoms with Gasteiger partial charge in [0.15, 0.2) is 0 Å². The van der Waals surface area contributed by atoms with Crippen molar-refractivity contribution in [1.82, 2.24) is 9.88 Å². The van der Waals surface area contributed by atoms with E-state index in [9.17, 15) is 0 Å². The SMILES string of the molecule is CC1=CC[C@@H]2[C@H](C1)CN1CCc3c([nH]c4ccccc34)[C@H]21. The molecule has 21 heavy (non-hydrogen) atoms. The van der Waals surface area contributed by atoms with Crippen LogP contribution in [-0.2, 0) is 6.42 Å². The number of hydrogen-bond acceptors (Lipinski definition) is 1. The van der Waals surface area contributed by atoms with E-state index in [0.717, 1.165) is 11.8 Å². The molecule has 0 spiro atoms. The molecular weight excluding hydrogens is 256 g/mol. The minimum atomic E-state index is 0.635. The van der Waals surface area contributed by atoms with Gasteiger partial charge in [-0.15, -0.1) is 0 Å². The smallest absolute Gasteiger partial charge is 0.0536 e. The molecule has 3 aliphatic rings. The number of para-hydroxylation sites is 1. The van der Waals surface area contributed by atoms with Gasteiger partial charge in [-0.2, -0.15) is 0 Å². The van der Waals surface area contributed by atoms with Crippen molar-refractivity contribution < 1.29 is 0 Å². The van der Waals surface area contributed by atoms with Crippen molar-refractivity contribution in [2.45, 2.75) is 32.2 Å². The van der Waals surface area contributed by atoms with Gasteiger partial charge in [0, 0.05) is 29.7 Å². The number of nitrogens with zero attached hydrogens (tertiary/aromatic N) is 1. The zero-order valence-corrected chi connectivity index (χ0v) is 12.6. The second kappa shape index (κ2) is 4.23. The van der Waals surface area contributed by atoms with E-state index in [2.05, 4.69) is 47.1 Å². The van der Waals surface area contributed by atoms with E-state index in [1.807, 2.05) is 0 Å². The van der Waals surface area contributed by atoms with E-state index in [0.29, 0.717) is 6.04 Å². The summed E-state index contributed by atoms with van der Waals surface area (Å²) in [6.07, 6.45) is 6.28. The number of nitrogens with one attached hydrogen (secondary N) is 1. The summed E-state index contributed by atoms with van der Waals surface area (Å²) in [4.78, 5) is 6.52. The molecule has 1 aromatic carbocycles. The lowest BCUT2D eigenvalue weighted by molar-refractivity contribution is 0.211. The summed E-state index contributed by atoms with van der Waals surface area (Å²) >= 11 is 0. The second-order valence-corrected chi connectivity index (χ2v) is 7.17.